The van der Waals surface area contributed by atoms with E-state index in [9.17, 15) is 5.11 Å². The van der Waals surface area contributed by atoms with Gasteiger partial charge in [-0.3, -0.25) is 0 Å². The van der Waals surface area contributed by atoms with E-state index in [1.54, 1.807) is 11.3 Å². The third-order valence-corrected chi connectivity index (χ3v) is 3.50. The van der Waals surface area contributed by atoms with E-state index in [4.69, 9.17) is 11.6 Å². The normalized spacial score (nSPS) is 15.2. The van der Waals surface area contributed by atoms with Crippen LogP contribution in [0, 0.1) is 0 Å². The van der Waals surface area contributed by atoms with E-state index < -0.39 is 5.60 Å². The number of halogens is 1. The zero-order valence-electron chi connectivity index (χ0n) is 9.22. The van der Waals surface area contributed by atoms with Crippen LogP contribution in [0.1, 0.15) is 31.6 Å². The van der Waals surface area contributed by atoms with Crippen molar-refractivity contribution in [2.24, 2.45) is 0 Å². The third kappa shape index (κ3) is 4.98. The van der Waals surface area contributed by atoms with Crippen LogP contribution in [0.3, 0.4) is 0 Å². The molecule has 0 radical (unpaired) electrons. The number of rotatable bonds is 6. The second-order valence-corrected chi connectivity index (χ2v) is 5.51. The second-order valence-electron chi connectivity index (χ2n) is 4.08. The Labute approximate surface area is 100 Å². The summed E-state index contributed by atoms with van der Waals surface area (Å²) < 4.78 is 0. The van der Waals surface area contributed by atoms with Crippen molar-refractivity contribution in [3.63, 3.8) is 0 Å². The van der Waals surface area contributed by atoms with Gasteiger partial charge in [-0.15, -0.1) is 11.3 Å². The summed E-state index contributed by atoms with van der Waals surface area (Å²) in [4.78, 5) is 1.20. The largest absolute Gasteiger partial charge is 0.389 e. The van der Waals surface area contributed by atoms with Crippen molar-refractivity contribution in [2.75, 3.05) is 6.54 Å². The lowest BCUT2D eigenvalue weighted by atomic mass is 10.0. The summed E-state index contributed by atoms with van der Waals surface area (Å²) in [5.74, 6) is 0. The first-order valence-corrected chi connectivity index (χ1v) is 6.45. The number of hydrogen-bond acceptors (Lipinski definition) is 3. The lowest BCUT2D eigenvalue weighted by Gasteiger charge is -2.22. The number of nitrogens with one attached hydrogen (secondary N) is 1. The molecule has 0 fully saturated rings. The Morgan fingerprint density at radius 2 is 2.33 bits per heavy atom. The van der Waals surface area contributed by atoms with Crippen molar-refractivity contribution >= 4 is 22.9 Å². The van der Waals surface area contributed by atoms with Crippen molar-refractivity contribution in [1.82, 2.24) is 5.32 Å². The molecule has 0 amide bonds. The fourth-order valence-electron chi connectivity index (χ4n) is 1.53. The highest BCUT2D eigenvalue weighted by Gasteiger charge is 2.17. The Bertz CT molecular complexity index is 299. The molecule has 1 aromatic heterocycles. The van der Waals surface area contributed by atoms with E-state index in [-0.39, 0.29) is 0 Å². The van der Waals surface area contributed by atoms with E-state index in [0.29, 0.717) is 6.54 Å². The van der Waals surface area contributed by atoms with Crippen LogP contribution in [-0.2, 0) is 6.54 Å². The maximum absolute atomic E-state index is 9.91. The molecular formula is C11H18ClNOS. The Hall–Kier alpha value is -0.0900. The number of aliphatic hydroxyl groups is 1. The van der Waals surface area contributed by atoms with Crippen LogP contribution in [0.4, 0.5) is 0 Å². The maximum atomic E-state index is 9.91. The highest BCUT2D eigenvalue weighted by Crippen LogP contribution is 2.19. The van der Waals surface area contributed by atoms with Crippen LogP contribution >= 0.6 is 22.9 Å². The monoisotopic (exact) mass is 247 g/mol. The maximum Gasteiger partial charge on any atom is 0.0743 e. The van der Waals surface area contributed by atoms with Crippen LogP contribution < -0.4 is 5.32 Å². The molecule has 0 spiro atoms. The topological polar surface area (TPSA) is 32.3 Å². The third-order valence-electron chi connectivity index (χ3n) is 2.22. The molecule has 1 heterocycles. The molecule has 1 rings (SSSR count). The molecule has 1 atom stereocenters. The molecular weight excluding hydrogens is 230 g/mol. The average molecular weight is 248 g/mol. The summed E-state index contributed by atoms with van der Waals surface area (Å²) in [5, 5.41) is 15.9. The molecule has 4 heteroatoms. The lowest BCUT2D eigenvalue weighted by molar-refractivity contribution is 0.0498. The summed E-state index contributed by atoms with van der Waals surface area (Å²) in [6, 6.07) is 1.95. The van der Waals surface area contributed by atoms with E-state index in [1.165, 1.54) is 4.88 Å². The predicted octanol–water partition coefficient (Wildman–Crippen LogP) is 3.04. The fraction of sp³-hybridized carbons (Fsp3) is 0.636. The molecule has 1 unspecified atom stereocenters. The quantitative estimate of drug-likeness (QED) is 0.810. The molecule has 1 aromatic rings. The van der Waals surface area contributed by atoms with Crippen LogP contribution in [0.5, 0.6) is 0 Å². The van der Waals surface area contributed by atoms with Gasteiger partial charge in [-0.25, -0.2) is 0 Å². The number of hydrogen-bond donors (Lipinski definition) is 2. The minimum Gasteiger partial charge on any atom is -0.389 e. The lowest BCUT2D eigenvalue weighted by Crippen LogP contribution is -2.37. The van der Waals surface area contributed by atoms with Gasteiger partial charge in [0.25, 0.3) is 0 Å². The van der Waals surface area contributed by atoms with Crippen LogP contribution in [-0.4, -0.2) is 17.3 Å². The van der Waals surface area contributed by atoms with Gasteiger partial charge in [0.15, 0.2) is 0 Å². The molecule has 15 heavy (non-hydrogen) atoms. The first kappa shape index (κ1) is 13.0. The standard InChI is InChI=1S/C11H18ClNOS/c1-3-4-11(2,14)8-13-6-10-5-9(12)7-15-10/h5,7,13-14H,3-4,6,8H2,1-2H3. The van der Waals surface area contributed by atoms with E-state index in [1.807, 2.05) is 18.4 Å². The van der Waals surface area contributed by atoms with Gasteiger partial charge < -0.3 is 10.4 Å². The molecule has 0 aliphatic carbocycles. The van der Waals surface area contributed by atoms with Crippen molar-refractivity contribution in [1.29, 1.82) is 0 Å². The molecule has 2 nitrogen and oxygen atoms in total. The SMILES string of the molecule is CCCC(C)(O)CNCc1cc(Cl)cs1. The van der Waals surface area contributed by atoms with Gasteiger partial charge >= 0.3 is 0 Å². The summed E-state index contributed by atoms with van der Waals surface area (Å²) in [6.45, 7) is 5.34. The van der Waals surface area contributed by atoms with Crippen molar-refractivity contribution < 1.29 is 5.11 Å². The molecule has 0 bridgehead atoms. The summed E-state index contributed by atoms with van der Waals surface area (Å²) in [7, 11) is 0. The molecule has 86 valence electrons. The van der Waals surface area contributed by atoms with E-state index in [2.05, 4.69) is 12.2 Å². The van der Waals surface area contributed by atoms with Crippen molar-refractivity contribution in [3.05, 3.63) is 21.3 Å². The van der Waals surface area contributed by atoms with Gasteiger partial charge in [-0.2, -0.15) is 0 Å². The molecule has 0 aliphatic rings. The van der Waals surface area contributed by atoms with E-state index >= 15 is 0 Å². The molecule has 0 saturated heterocycles. The van der Waals surface area contributed by atoms with Crippen LogP contribution in [0.25, 0.3) is 0 Å². The fourth-order valence-corrected chi connectivity index (χ4v) is 2.57. The highest BCUT2D eigenvalue weighted by molar-refractivity contribution is 7.10. The van der Waals surface area contributed by atoms with Gasteiger partial charge in [0.2, 0.25) is 0 Å². The zero-order valence-corrected chi connectivity index (χ0v) is 10.8. The summed E-state index contributed by atoms with van der Waals surface area (Å²) >= 11 is 7.45. The molecule has 0 aliphatic heterocycles. The van der Waals surface area contributed by atoms with Gasteiger partial charge in [0, 0.05) is 23.3 Å². The Kier molecular flexibility index (Phi) is 5.06. The molecule has 0 saturated carbocycles. The van der Waals surface area contributed by atoms with Gasteiger partial charge in [0.1, 0.15) is 0 Å². The Morgan fingerprint density at radius 1 is 1.60 bits per heavy atom. The Morgan fingerprint density at radius 3 is 2.87 bits per heavy atom. The van der Waals surface area contributed by atoms with Crippen LogP contribution in [0.2, 0.25) is 5.02 Å². The van der Waals surface area contributed by atoms with Gasteiger partial charge in [-0.1, -0.05) is 24.9 Å². The van der Waals surface area contributed by atoms with Crippen molar-refractivity contribution in [2.45, 2.75) is 38.8 Å². The molecule has 2 N–H and O–H groups in total. The predicted molar refractivity (Wildman–Crippen MR) is 66.6 cm³/mol. The summed E-state index contributed by atoms with van der Waals surface area (Å²) in [5.41, 5.74) is -0.601. The minimum absolute atomic E-state index is 0.601. The molecule has 0 aromatic carbocycles. The summed E-state index contributed by atoms with van der Waals surface area (Å²) in [6.07, 6.45) is 1.82. The van der Waals surface area contributed by atoms with Gasteiger partial charge in [-0.05, 0) is 19.4 Å². The van der Waals surface area contributed by atoms with Crippen molar-refractivity contribution in [3.8, 4) is 0 Å². The second kappa shape index (κ2) is 5.85. The Balaban J connectivity index is 2.27. The minimum atomic E-state index is -0.601. The average Bonchev–Trinajstić information content (AvgIpc) is 2.51. The highest BCUT2D eigenvalue weighted by atomic mass is 35.5. The smallest absolute Gasteiger partial charge is 0.0743 e. The zero-order chi connectivity index (χ0) is 11.3. The number of thiophene rings is 1. The van der Waals surface area contributed by atoms with Crippen LogP contribution in [0.15, 0.2) is 11.4 Å². The first-order chi connectivity index (χ1) is 7.03. The first-order valence-electron chi connectivity index (χ1n) is 5.19. The van der Waals surface area contributed by atoms with Gasteiger partial charge in [0.05, 0.1) is 10.6 Å². The van der Waals surface area contributed by atoms with E-state index in [0.717, 1.165) is 24.4 Å².